The molecule has 0 aliphatic heterocycles. The maximum Gasteiger partial charge on any atom is 0.332 e. The fourth-order valence-corrected chi connectivity index (χ4v) is 7.34. The van der Waals surface area contributed by atoms with E-state index >= 15 is 0 Å². The van der Waals surface area contributed by atoms with Crippen molar-refractivity contribution in [2.45, 2.75) is 6.92 Å². The molecule has 0 atom stereocenters. The third-order valence-electron chi connectivity index (χ3n) is 5.26. The summed E-state index contributed by atoms with van der Waals surface area (Å²) in [5, 5.41) is 3.36. The Morgan fingerprint density at radius 1 is 0.697 bits per heavy atom. The van der Waals surface area contributed by atoms with Crippen LogP contribution in [0.1, 0.15) is 12.5 Å². The first-order valence-electron chi connectivity index (χ1n) is 11.0. The summed E-state index contributed by atoms with van der Waals surface area (Å²) < 4.78 is 10.7. The van der Waals surface area contributed by atoms with Crippen LogP contribution in [0.25, 0.3) is 5.70 Å². The van der Waals surface area contributed by atoms with Gasteiger partial charge in [0.25, 0.3) is 0 Å². The van der Waals surface area contributed by atoms with E-state index in [-0.39, 0.29) is 0 Å². The average molecular weight is 452 g/mol. The smallest absolute Gasteiger partial charge is 0.332 e. The molecule has 4 heteroatoms. The summed E-state index contributed by atoms with van der Waals surface area (Å²) in [4.78, 5) is 12.6. The van der Waals surface area contributed by atoms with Crippen LogP contribution in [0.15, 0.2) is 132 Å². The van der Waals surface area contributed by atoms with Gasteiger partial charge < -0.3 is 4.74 Å². The Bertz CT molecular complexity index is 1170. The Kier molecular flexibility index (Phi) is 7.34. The first-order chi connectivity index (χ1) is 16.2. The maximum atomic E-state index is 12.6. The number of esters is 1. The molecular weight excluding hydrogens is 425 g/mol. The Morgan fingerprint density at radius 2 is 1.09 bits per heavy atom. The standard InChI is InChI=1S/C29H26NO2P/c1-2-32-29(31)23-28(24-15-7-3-8-16-24)30-33(25-17-9-4-10-18-25,26-19-11-5-12-20-26)27-21-13-6-14-22-27/h3-23H,2H2,1H3/b28-23-. The van der Waals surface area contributed by atoms with Gasteiger partial charge in [0.2, 0.25) is 0 Å². The lowest BCUT2D eigenvalue weighted by Crippen LogP contribution is -2.25. The number of nitrogens with zero attached hydrogens (tertiary/aromatic N) is 1. The molecule has 0 aromatic heterocycles. The molecule has 0 fully saturated rings. The molecule has 0 unspecified atom stereocenters. The lowest BCUT2D eigenvalue weighted by atomic mass is 10.1. The second-order valence-corrected chi connectivity index (χ2v) is 10.4. The van der Waals surface area contributed by atoms with Gasteiger partial charge in [0.05, 0.1) is 19.4 Å². The molecule has 0 bridgehead atoms. The number of hydrogen-bond donors (Lipinski definition) is 0. The monoisotopic (exact) mass is 451 g/mol. The average Bonchev–Trinajstić information content (AvgIpc) is 2.89. The highest BCUT2D eigenvalue weighted by atomic mass is 31.2. The zero-order chi connectivity index (χ0) is 22.9. The molecule has 0 saturated heterocycles. The zero-order valence-electron chi connectivity index (χ0n) is 18.5. The van der Waals surface area contributed by atoms with E-state index in [0.29, 0.717) is 12.3 Å². The van der Waals surface area contributed by atoms with Gasteiger partial charge in [0, 0.05) is 27.6 Å². The second-order valence-electron chi connectivity index (χ2n) is 7.39. The van der Waals surface area contributed by atoms with Crippen LogP contribution in [0, 0.1) is 0 Å². The second kappa shape index (κ2) is 10.8. The fraction of sp³-hybridized carbons (Fsp3) is 0.0690. The predicted molar refractivity (Wildman–Crippen MR) is 139 cm³/mol. The molecule has 4 aromatic carbocycles. The lowest BCUT2D eigenvalue weighted by Gasteiger charge is -2.27. The zero-order valence-corrected chi connectivity index (χ0v) is 19.4. The molecule has 0 heterocycles. The van der Waals surface area contributed by atoms with Crippen molar-refractivity contribution in [3.8, 4) is 0 Å². The number of carbonyl (C=O) groups excluding carboxylic acids is 1. The van der Waals surface area contributed by atoms with Gasteiger partial charge in [0.15, 0.2) is 0 Å². The molecule has 0 amide bonds. The third kappa shape index (κ3) is 5.05. The number of ether oxygens (including phenoxy) is 1. The highest BCUT2D eigenvalue weighted by Gasteiger charge is 2.28. The molecule has 0 aliphatic carbocycles. The summed E-state index contributed by atoms with van der Waals surface area (Å²) in [6.45, 7) is 2.12. The van der Waals surface area contributed by atoms with Crippen molar-refractivity contribution in [1.29, 1.82) is 0 Å². The van der Waals surface area contributed by atoms with E-state index in [1.807, 2.05) is 84.9 Å². The van der Waals surface area contributed by atoms with Gasteiger partial charge in [-0.2, -0.15) is 0 Å². The van der Waals surface area contributed by atoms with Crippen molar-refractivity contribution < 1.29 is 9.53 Å². The van der Waals surface area contributed by atoms with E-state index in [4.69, 9.17) is 9.48 Å². The number of benzene rings is 4. The van der Waals surface area contributed by atoms with Crippen LogP contribution in [0.5, 0.6) is 0 Å². The number of rotatable bonds is 7. The van der Waals surface area contributed by atoms with Gasteiger partial charge in [-0.25, -0.2) is 4.79 Å². The maximum absolute atomic E-state index is 12.6. The minimum Gasteiger partial charge on any atom is -0.463 e. The van der Waals surface area contributed by atoms with E-state index < -0.39 is 13.0 Å². The van der Waals surface area contributed by atoms with Crippen molar-refractivity contribution in [1.82, 2.24) is 0 Å². The van der Waals surface area contributed by atoms with E-state index in [1.54, 1.807) is 6.92 Å². The predicted octanol–water partition coefficient (Wildman–Crippen LogP) is 5.77. The van der Waals surface area contributed by atoms with Gasteiger partial charge in [0.1, 0.15) is 0 Å². The van der Waals surface area contributed by atoms with Crippen LogP contribution in [0.4, 0.5) is 0 Å². The largest absolute Gasteiger partial charge is 0.463 e. The Hall–Kier alpha value is -3.68. The van der Waals surface area contributed by atoms with Crippen molar-refractivity contribution in [3.63, 3.8) is 0 Å². The first-order valence-corrected chi connectivity index (χ1v) is 12.7. The normalized spacial score (nSPS) is 11.6. The summed E-state index contributed by atoms with van der Waals surface area (Å²) >= 11 is 0. The van der Waals surface area contributed by atoms with E-state index in [1.165, 1.54) is 6.08 Å². The molecule has 164 valence electrons. The minimum absolute atomic E-state index is 0.313. The lowest BCUT2D eigenvalue weighted by molar-refractivity contribution is -0.137. The van der Waals surface area contributed by atoms with Crippen molar-refractivity contribution in [2.24, 2.45) is 4.74 Å². The van der Waals surface area contributed by atoms with Crippen LogP contribution < -0.4 is 15.9 Å². The molecule has 3 nitrogen and oxygen atoms in total. The fourth-order valence-electron chi connectivity index (χ4n) is 3.79. The minimum atomic E-state index is -2.50. The molecule has 4 rings (SSSR count). The Morgan fingerprint density at radius 3 is 1.48 bits per heavy atom. The number of carbonyl (C=O) groups is 1. The van der Waals surface area contributed by atoms with E-state index in [2.05, 4.69) is 36.4 Å². The van der Waals surface area contributed by atoms with Crippen LogP contribution in [0.3, 0.4) is 0 Å². The molecular formula is C29H26NO2P. The SMILES string of the molecule is CCOC(=O)/C=C(\N=P(c1ccccc1)(c1ccccc1)c1ccccc1)c1ccccc1. The van der Waals surface area contributed by atoms with E-state index in [9.17, 15) is 4.79 Å². The Labute approximate surface area is 195 Å². The summed E-state index contributed by atoms with van der Waals surface area (Å²) in [6, 6.07) is 40.9. The highest BCUT2D eigenvalue weighted by Crippen LogP contribution is 2.49. The molecule has 0 radical (unpaired) electrons. The molecule has 0 spiro atoms. The van der Waals surface area contributed by atoms with Crippen molar-refractivity contribution in [2.75, 3.05) is 6.61 Å². The van der Waals surface area contributed by atoms with Crippen molar-refractivity contribution >= 4 is 34.6 Å². The van der Waals surface area contributed by atoms with Gasteiger partial charge in [-0.1, -0.05) is 121 Å². The van der Waals surface area contributed by atoms with Gasteiger partial charge in [-0.3, -0.25) is 4.74 Å². The number of hydrogen-bond acceptors (Lipinski definition) is 3. The Balaban J connectivity index is 2.12. The molecule has 0 N–H and O–H groups in total. The summed E-state index contributed by atoms with van der Waals surface area (Å²) in [5.41, 5.74) is 1.48. The summed E-state index contributed by atoms with van der Waals surface area (Å²) in [7, 11) is -2.50. The quantitative estimate of drug-likeness (QED) is 0.203. The van der Waals surface area contributed by atoms with Crippen LogP contribution in [-0.4, -0.2) is 12.6 Å². The van der Waals surface area contributed by atoms with Gasteiger partial charge in [-0.05, 0) is 6.92 Å². The first kappa shape index (κ1) is 22.5. The molecule has 4 aromatic rings. The molecule has 0 saturated carbocycles. The van der Waals surface area contributed by atoms with Gasteiger partial charge >= 0.3 is 5.97 Å². The van der Waals surface area contributed by atoms with E-state index in [0.717, 1.165) is 21.5 Å². The summed E-state index contributed by atoms with van der Waals surface area (Å²) in [5.74, 6) is -0.396. The van der Waals surface area contributed by atoms with Crippen LogP contribution in [0.2, 0.25) is 0 Å². The molecule has 33 heavy (non-hydrogen) atoms. The third-order valence-corrected chi connectivity index (χ3v) is 8.91. The van der Waals surface area contributed by atoms with Crippen molar-refractivity contribution in [3.05, 3.63) is 133 Å². The molecule has 0 aliphatic rings. The summed E-state index contributed by atoms with van der Waals surface area (Å²) in [6.07, 6.45) is 1.52. The topological polar surface area (TPSA) is 38.7 Å². The highest BCUT2D eigenvalue weighted by molar-refractivity contribution is 7.87. The van der Waals surface area contributed by atoms with Gasteiger partial charge in [-0.15, -0.1) is 0 Å². The van der Waals surface area contributed by atoms with Crippen LogP contribution >= 0.6 is 7.05 Å². The van der Waals surface area contributed by atoms with Crippen LogP contribution in [-0.2, 0) is 9.53 Å².